The topological polar surface area (TPSA) is 26.3 Å². The summed E-state index contributed by atoms with van der Waals surface area (Å²) in [5.41, 5.74) is 1.24. The molecule has 0 aliphatic rings. The van der Waals surface area contributed by atoms with Gasteiger partial charge in [-0.2, -0.15) is 0 Å². The molecule has 0 aromatic rings. The summed E-state index contributed by atoms with van der Waals surface area (Å²) >= 11 is 0. The van der Waals surface area contributed by atoms with Crippen LogP contribution in [0.4, 0.5) is 0 Å². The van der Waals surface area contributed by atoms with Gasteiger partial charge in [-0.1, -0.05) is 17.7 Å². The molecular formula is C9H14O2. The van der Waals surface area contributed by atoms with Crippen LogP contribution in [0.3, 0.4) is 0 Å². The van der Waals surface area contributed by atoms with Gasteiger partial charge in [0.15, 0.2) is 0 Å². The Balaban J connectivity index is 3.69. The average Bonchev–Trinajstić information content (AvgIpc) is 2.04. The second-order valence-corrected chi connectivity index (χ2v) is 2.26. The molecule has 2 nitrogen and oxygen atoms in total. The Morgan fingerprint density at radius 3 is 2.64 bits per heavy atom. The largest absolute Gasteiger partial charge is 0.466 e. The molecule has 0 N–H and O–H groups in total. The predicted octanol–water partition coefficient (Wildman–Crippen LogP) is 2.07. The molecule has 0 fully saturated rings. The minimum absolute atomic E-state index is 0.297. The molecule has 0 rings (SSSR count). The molecule has 0 aliphatic heterocycles. The van der Waals surface area contributed by atoms with E-state index < -0.39 is 0 Å². The zero-order valence-electron chi connectivity index (χ0n) is 7.26. The van der Waals surface area contributed by atoms with Gasteiger partial charge in [0.25, 0.3) is 0 Å². The van der Waals surface area contributed by atoms with Crippen molar-refractivity contribution in [1.29, 1.82) is 0 Å². The van der Waals surface area contributed by atoms with Crippen molar-refractivity contribution in [2.24, 2.45) is 0 Å². The molecule has 0 bridgehead atoms. The van der Waals surface area contributed by atoms with Gasteiger partial charge in [-0.3, -0.25) is 0 Å². The third kappa shape index (κ3) is 5.40. The van der Waals surface area contributed by atoms with E-state index >= 15 is 0 Å². The highest BCUT2D eigenvalue weighted by Gasteiger charge is 1.89. The third-order valence-electron chi connectivity index (χ3n) is 1.39. The Kier molecular flexibility index (Phi) is 5.17. The Morgan fingerprint density at radius 2 is 2.18 bits per heavy atom. The molecule has 0 heterocycles. The number of carbonyl (C=O) groups excluding carboxylic acids is 1. The molecule has 0 spiro atoms. The molecule has 0 atom stereocenters. The molecule has 2 heteroatoms. The summed E-state index contributed by atoms with van der Waals surface area (Å²) in [6.45, 7) is 3.99. The summed E-state index contributed by atoms with van der Waals surface area (Å²) < 4.78 is 4.42. The average molecular weight is 154 g/mol. The van der Waals surface area contributed by atoms with Crippen LogP contribution in [0, 0.1) is 0 Å². The summed E-state index contributed by atoms with van der Waals surface area (Å²) in [6.07, 6.45) is 6.06. The smallest absolute Gasteiger partial charge is 0.330 e. The molecule has 0 saturated heterocycles. The van der Waals surface area contributed by atoms with Gasteiger partial charge >= 0.3 is 5.97 Å². The van der Waals surface area contributed by atoms with Crippen LogP contribution in [0.15, 0.2) is 23.8 Å². The van der Waals surface area contributed by atoms with Gasteiger partial charge in [0, 0.05) is 6.08 Å². The van der Waals surface area contributed by atoms with Crippen LogP contribution in [-0.4, -0.2) is 13.1 Å². The summed E-state index contributed by atoms with van der Waals surface area (Å²) in [5.74, 6) is -0.297. The monoisotopic (exact) mass is 154 g/mol. The van der Waals surface area contributed by atoms with E-state index in [4.69, 9.17) is 0 Å². The van der Waals surface area contributed by atoms with Gasteiger partial charge in [-0.05, 0) is 20.3 Å². The van der Waals surface area contributed by atoms with Crippen molar-refractivity contribution in [2.75, 3.05) is 7.11 Å². The molecule has 0 aliphatic carbocycles. The summed E-state index contributed by atoms with van der Waals surface area (Å²) in [6, 6.07) is 0. The lowest BCUT2D eigenvalue weighted by Gasteiger charge is -1.91. The molecule has 0 unspecified atom stereocenters. The zero-order valence-corrected chi connectivity index (χ0v) is 7.26. The molecule has 0 radical (unpaired) electrons. The second-order valence-electron chi connectivity index (χ2n) is 2.26. The summed E-state index contributed by atoms with van der Waals surface area (Å²) in [5, 5.41) is 0. The van der Waals surface area contributed by atoms with E-state index in [1.807, 2.05) is 19.9 Å². The molecule has 0 aromatic heterocycles. The Morgan fingerprint density at radius 1 is 1.55 bits per heavy atom. The van der Waals surface area contributed by atoms with Crippen molar-refractivity contribution in [1.82, 2.24) is 0 Å². The normalized spacial score (nSPS) is 12.1. The van der Waals surface area contributed by atoms with Crippen molar-refractivity contribution in [2.45, 2.75) is 20.3 Å². The van der Waals surface area contributed by atoms with Crippen molar-refractivity contribution < 1.29 is 9.53 Å². The van der Waals surface area contributed by atoms with Crippen molar-refractivity contribution in [3.63, 3.8) is 0 Å². The van der Waals surface area contributed by atoms with Gasteiger partial charge in [0.2, 0.25) is 0 Å². The molecule has 0 aromatic carbocycles. The fourth-order valence-corrected chi connectivity index (χ4v) is 0.527. The van der Waals surface area contributed by atoms with E-state index in [0.717, 1.165) is 6.42 Å². The number of rotatable bonds is 3. The van der Waals surface area contributed by atoms with Gasteiger partial charge in [0.1, 0.15) is 0 Å². The minimum atomic E-state index is -0.297. The minimum Gasteiger partial charge on any atom is -0.466 e. The van der Waals surface area contributed by atoms with Crippen molar-refractivity contribution in [3.05, 3.63) is 23.8 Å². The highest BCUT2D eigenvalue weighted by molar-refractivity contribution is 5.81. The SMILES string of the molecule is CC=C(C)CC=CC(=O)OC. The first kappa shape index (κ1) is 9.95. The van der Waals surface area contributed by atoms with Crippen LogP contribution in [0.2, 0.25) is 0 Å². The Hall–Kier alpha value is -1.05. The van der Waals surface area contributed by atoms with E-state index in [0.29, 0.717) is 0 Å². The first-order valence-corrected chi connectivity index (χ1v) is 3.57. The maximum Gasteiger partial charge on any atom is 0.330 e. The number of allylic oxidation sites excluding steroid dienone is 3. The molecule has 0 amide bonds. The van der Waals surface area contributed by atoms with Crippen LogP contribution in [0.25, 0.3) is 0 Å². The van der Waals surface area contributed by atoms with E-state index in [2.05, 4.69) is 4.74 Å². The number of ether oxygens (including phenoxy) is 1. The fourth-order valence-electron chi connectivity index (χ4n) is 0.527. The van der Waals surface area contributed by atoms with Gasteiger partial charge in [-0.25, -0.2) is 4.79 Å². The summed E-state index contributed by atoms with van der Waals surface area (Å²) in [7, 11) is 1.37. The number of esters is 1. The third-order valence-corrected chi connectivity index (χ3v) is 1.39. The second kappa shape index (κ2) is 5.71. The van der Waals surface area contributed by atoms with Crippen molar-refractivity contribution >= 4 is 5.97 Å². The van der Waals surface area contributed by atoms with E-state index in [1.165, 1.54) is 18.8 Å². The molecular weight excluding hydrogens is 140 g/mol. The number of hydrogen-bond acceptors (Lipinski definition) is 2. The Labute approximate surface area is 67.6 Å². The number of methoxy groups -OCH3 is 1. The van der Waals surface area contributed by atoms with Gasteiger partial charge in [-0.15, -0.1) is 0 Å². The Bertz CT molecular complexity index is 178. The van der Waals surface area contributed by atoms with Crippen LogP contribution in [0.5, 0.6) is 0 Å². The molecule has 62 valence electrons. The van der Waals surface area contributed by atoms with E-state index in [-0.39, 0.29) is 5.97 Å². The lowest BCUT2D eigenvalue weighted by atomic mass is 10.2. The summed E-state index contributed by atoms with van der Waals surface area (Å²) in [4.78, 5) is 10.6. The first-order chi connectivity index (χ1) is 5.20. The number of carbonyl (C=O) groups is 1. The van der Waals surface area contributed by atoms with Crippen LogP contribution in [-0.2, 0) is 9.53 Å². The highest BCUT2D eigenvalue weighted by atomic mass is 16.5. The standard InChI is InChI=1S/C9H14O2/c1-4-8(2)6-5-7-9(10)11-3/h4-5,7H,6H2,1-3H3. The molecule has 11 heavy (non-hydrogen) atoms. The quantitative estimate of drug-likeness (QED) is 0.353. The van der Waals surface area contributed by atoms with Crippen LogP contribution < -0.4 is 0 Å². The maximum absolute atomic E-state index is 10.6. The first-order valence-electron chi connectivity index (χ1n) is 3.57. The highest BCUT2D eigenvalue weighted by Crippen LogP contribution is 1.99. The number of hydrogen-bond donors (Lipinski definition) is 0. The van der Waals surface area contributed by atoms with E-state index in [9.17, 15) is 4.79 Å². The van der Waals surface area contributed by atoms with Gasteiger partial charge in [0.05, 0.1) is 7.11 Å². The van der Waals surface area contributed by atoms with Gasteiger partial charge < -0.3 is 4.74 Å². The fraction of sp³-hybridized carbons (Fsp3) is 0.444. The van der Waals surface area contributed by atoms with E-state index in [1.54, 1.807) is 6.08 Å². The van der Waals surface area contributed by atoms with Crippen LogP contribution in [0.1, 0.15) is 20.3 Å². The maximum atomic E-state index is 10.6. The lowest BCUT2D eigenvalue weighted by Crippen LogP contribution is -1.93. The van der Waals surface area contributed by atoms with Crippen molar-refractivity contribution in [3.8, 4) is 0 Å². The zero-order chi connectivity index (χ0) is 8.69. The lowest BCUT2D eigenvalue weighted by molar-refractivity contribution is -0.134. The van der Waals surface area contributed by atoms with Crippen LogP contribution >= 0.6 is 0 Å². The molecule has 0 saturated carbocycles. The predicted molar refractivity (Wildman–Crippen MR) is 45.2 cm³/mol.